The number of fused-ring (bicyclic) bond motifs is 1. The Balaban J connectivity index is 1.57. The number of hydrogen-bond donors (Lipinski definition) is 1. The zero-order valence-electron chi connectivity index (χ0n) is 12.5. The van der Waals surface area contributed by atoms with Gasteiger partial charge < -0.3 is 5.32 Å². The maximum absolute atomic E-state index is 12.0. The molecule has 0 radical (unpaired) electrons. The number of amides is 1. The van der Waals surface area contributed by atoms with Crippen LogP contribution in [0.3, 0.4) is 0 Å². The molecule has 1 aliphatic carbocycles. The van der Waals surface area contributed by atoms with Gasteiger partial charge in [-0.25, -0.2) is 4.68 Å². The van der Waals surface area contributed by atoms with Crippen molar-refractivity contribution in [1.29, 1.82) is 0 Å². The van der Waals surface area contributed by atoms with E-state index in [4.69, 9.17) is 0 Å². The average molecular weight is 301 g/mol. The third kappa shape index (κ3) is 2.93. The topological polar surface area (TPSA) is 81.8 Å². The lowest BCUT2D eigenvalue weighted by Crippen LogP contribution is -2.36. The minimum absolute atomic E-state index is 0.102. The van der Waals surface area contributed by atoms with Gasteiger partial charge in [-0.05, 0) is 37.8 Å². The van der Waals surface area contributed by atoms with Gasteiger partial charge in [0.25, 0.3) is 5.56 Å². The molecule has 0 aromatic carbocycles. The third-order valence-corrected chi connectivity index (χ3v) is 3.95. The Morgan fingerprint density at radius 1 is 1.45 bits per heavy atom. The summed E-state index contributed by atoms with van der Waals surface area (Å²) in [7, 11) is 0. The van der Waals surface area contributed by atoms with Gasteiger partial charge in [0.1, 0.15) is 6.04 Å². The minimum atomic E-state index is -0.375. The van der Waals surface area contributed by atoms with Crippen molar-refractivity contribution in [3.63, 3.8) is 0 Å². The van der Waals surface area contributed by atoms with Crippen LogP contribution in [0.2, 0.25) is 0 Å². The Morgan fingerprint density at radius 3 is 3.09 bits per heavy atom. The van der Waals surface area contributed by atoms with Crippen LogP contribution in [-0.2, 0) is 24.2 Å². The SMILES string of the molecule is CC(C(=O)NCCn1nc2c(cc1=O)CCC2)n1cccn1. The number of carbonyl (C=O) groups excluding carboxylic acids is 1. The molecule has 22 heavy (non-hydrogen) atoms. The molecule has 7 heteroatoms. The molecule has 0 saturated carbocycles. The number of aromatic nitrogens is 4. The first-order chi connectivity index (χ1) is 10.6. The van der Waals surface area contributed by atoms with Crippen LogP contribution in [0.5, 0.6) is 0 Å². The fourth-order valence-corrected chi connectivity index (χ4v) is 2.66. The van der Waals surface area contributed by atoms with E-state index in [1.807, 2.05) is 0 Å². The van der Waals surface area contributed by atoms with E-state index in [9.17, 15) is 9.59 Å². The number of aryl methyl sites for hydroxylation is 2. The molecule has 1 unspecified atom stereocenters. The van der Waals surface area contributed by atoms with Gasteiger partial charge in [0, 0.05) is 25.0 Å². The van der Waals surface area contributed by atoms with Crippen LogP contribution >= 0.6 is 0 Å². The highest BCUT2D eigenvalue weighted by molar-refractivity contribution is 5.79. The van der Waals surface area contributed by atoms with Gasteiger partial charge in [-0.15, -0.1) is 0 Å². The van der Waals surface area contributed by atoms with E-state index < -0.39 is 0 Å². The van der Waals surface area contributed by atoms with Crippen molar-refractivity contribution >= 4 is 5.91 Å². The second-order valence-electron chi connectivity index (χ2n) is 5.48. The monoisotopic (exact) mass is 301 g/mol. The molecule has 0 saturated heterocycles. The highest BCUT2D eigenvalue weighted by Gasteiger charge is 2.16. The summed E-state index contributed by atoms with van der Waals surface area (Å²) in [6.07, 6.45) is 6.31. The fourth-order valence-electron chi connectivity index (χ4n) is 2.66. The molecule has 2 heterocycles. The van der Waals surface area contributed by atoms with E-state index in [1.54, 1.807) is 36.1 Å². The maximum atomic E-state index is 12.0. The first-order valence-corrected chi connectivity index (χ1v) is 7.52. The summed E-state index contributed by atoms with van der Waals surface area (Å²) in [5.41, 5.74) is 1.98. The van der Waals surface area contributed by atoms with Crippen LogP contribution in [0.15, 0.2) is 29.3 Å². The van der Waals surface area contributed by atoms with Crippen molar-refractivity contribution in [3.8, 4) is 0 Å². The van der Waals surface area contributed by atoms with Gasteiger partial charge in [-0.2, -0.15) is 10.2 Å². The van der Waals surface area contributed by atoms with Crippen LogP contribution < -0.4 is 10.9 Å². The molecule has 1 amide bonds. The van der Waals surface area contributed by atoms with E-state index in [-0.39, 0.29) is 17.5 Å². The molecule has 3 rings (SSSR count). The summed E-state index contributed by atoms with van der Waals surface area (Å²) in [6, 6.07) is 3.07. The molecule has 0 bridgehead atoms. The lowest BCUT2D eigenvalue weighted by Gasteiger charge is -2.13. The summed E-state index contributed by atoms with van der Waals surface area (Å²) in [6.45, 7) is 2.53. The molecule has 7 nitrogen and oxygen atoms in total. The number of nitrogens with one attached hydrogen (secondary N) is 1. The van der Waals surface area contributed by atoms with Crippen LogP contribution in [0.4, 0.5) is 0 Å². The predicted molar refractivity (Wildman–Crippen MR) is 80.5 cm³/mol. The lowest BCUT2D eigenvalue weighted by atomic mass is 10.2. The highest BCUT2D eigenvalue weighted by Crippen LogP contribution is 2.16. The lowest BCUT2D eigenvalue weighted by molar-refractivity contribution is -0.124. The maximum Gasteiger partial charge on any atom is 0.267 e. The largest absolute Gasteiger partial charge is 0.352 e. The van der Waals surface area contributed by atoms with E-state index in [0.29, 0.717) is 13.1 Å². The summed E-state index contributed by atoms with van der Waals surface area (Å²) >= 11 is 0. The smallest absolute Gasteiger partial charge is 0.267 e. The van der Waals surface area contributed by atoms with E-state index >= 15 is 0 Å². The van der Waals surface area contributed by atoms with Crippen molar-refractivity contribution in [2.75, 3.05) is 6.54 Å². The molecule has 116 valence electrons. The second kappa shape index (κ2) is 6.13. The summed E-state index contributed by atoms with van der Waals surface area (Å²) in [5, 5.41) is 11.2. The zero-order valence-corrected chi connectivity index (χ0v) is 12.5. The molecule has 1 aliphatic rings. The van der Waals surface area contributed by atoms with Crippen molar-refractivity contribution in [2.45, 2.75) is 38.8 Å². The van der Waals surface area contributed by atoms with Crippen LogP contribution in [0.1, 0.15) is 30.6 Å². The van der Waals surface area contributed by atoms with Crippen LogP contribution in [-0.4, -0.2) is 32.0 Å². The average Bonchev–Trinajstić information content (AvgIpc) is 3.17. The first kappa shape index (κ1) is 14.5. The minimum Gasteiger partial charge on any atom is -0.352 e. The van der Waals surface area contributed by atoms with Gasteiger partial charge in [-0.3, -0.25) is 14.3 Å². The van der Waals surface area contributed by atoms with Gasteiger partial charge in [-0.1, -0.05) is 0 Å². The highest BCUT2D eigenvalue weighted by atomic mass is 16.2. The predicted octanol–water partition coefficient (Wildman–Crippen LogP) is 0.306. The first-order valence-electron chi connectivity index (χ1n) is 7.52. The van der Waals surface area contributed by atoms with Gasteiger partial charge >= 0.3 is 0 Å². The number of carbonyl (C=O) groups is 1. The van der Waals surface area contributed by atoms with Gasteiger partial charge in [0.05, 0.1) is 12.2 Å². The molecule has 0 spiro atoms. The molecule has 1 atom stereocenters. The normalized spacial score (nSPS) is 14.6. The Labute approximate surface area is 128 Å². The van der Waals surface area contributed by atoms with Crippen LogP contribution in [0.25, 0.3) is 0 Å². The molecule has 0 fully saturated rings. The van der Waals surface area contributed by atoms with Gasteiger partial charge in [0.15, 0.2) is 0 Å². The molecule has 1 N–H and O–H groups in total. The Bertz CT molecular complexity index is 720. The third-order valence-electron chi connectivity index (χ3n) is 3.95. The number of rotatable bonds is 5. The van der Waals surface area contributed by atoms with Gasteiger partial charge in [0.2, 0.25) is 5.91 Å². The van der Waals surface area contributed by atoms with E-state index in [2.05, 4.69) is 15.5 Å². The Morgan fingerprint density at radius 2 is 2.32 bits per heavy atom. The summed E-state index contributed by atoms with van der Waals surface area (Å²) < 4.78 is 3.03. The van der Waals surface area contributed by atoms with Crippen LogP contribution in [0, 0.1) is 0 Å². The number of hydrogen-bond acceptors (Lipinski definition) is 4. The molecular weight excluding hydrogens is 282 g/mol. The molecule has 2 aromatic heterocycles. The van der Waals surface area contributed by atoms with E-state index in [1.165, 1.54) is 4.68 Å². The van der Waals surface area contributed by atoms with Crippen molar-refractivity contribution in [1.82, 2.24) is 24.9 Å². The van der Waals surface area contributed by atoms with E-state index in [0.717, 1.165) is 30.5 Å². The molecular formula is C15H19N5O2. The number of nitrogens with zero attached hydrogens (tertiary/aromatic N) is 4. The Hall–Kier alpha value is -2.44. The second-order valence-corrected chi connectivity index (χ2v) is 5.48. The Kier molecular flexibility index (Phi) is 4.04. The molecule has 0 aliphatic heterocycles. The zero-order chi connectivity index (χ0) is 15.5. The summed E-state index contributed by atoms with van der Waals surface area (Å²) in [5.74, 6) is -0.127. The summed E-state index contributed by atoms with van der Waals surface area (Å²) in [4.78, 5) is 24.0. The van der Waals surface area contributed by atoms with Crippen molar-refractivity contribution in [3.05, 3.63) is 46.1 Å². The quantitative estimate of drug-likeness (QED) is 0.861. The molecule has 2 aromatic rings. The fraction of sp³-hybridized carbons (Fsp3) is 0.467. The van der Waals surface area contributed by atoms with Crippen molar-refractivity contribution in [2.24, 2.45) is 0 Å². The standard InChI is InChI=1S/C15H19N5O2/c1-11(19-8-3-6-17-19)15(22)16-7-9-20-14(21)10-12-4-2-5-13(12)18-20/h3,6,8,10-11H,2,4-5,7,9H2,1H3,(H,16,22). The van der Waals surface area contributed by atoms with Crippen molar-refractivity contribution < 1.29 is 4.79 Å².